The van der Waals surface area contributed by atoms with Gasteiger partial charge in [-0.15, -0.1) is 0 Å². The van der Waals surface area contributed by atoms with Gasteiger partial charge in [0.15, 0.2) is 0 Å². The number of benzene rings is 2. The monoisotopic (exact) mass is 294 g/mol. The van der Waals surface area contributed by atoms with E-state index in [-0.39, 0.29) is 11.9 Å². The molecular formula is C18H18N2O2. The molecule has 3 amide bonds. The van der Waals surface area contributed by atoms with E-state index in [0.717, 1.165) is 23.1 Å². The molecule has 22 heavy (non-hydrogen) atoms. The van der Waals surface area contributed by atoms with E-state index < -0.39 is 0 Å². The summed E-state index contributed by atoms with van der Waals surface area (Å²) in [4.78, 5) is 25.6. The molecule has 0 bridgehead atoms. The van der Waals surface area contributed by atoms with Crippen LogP contribution in [0, 0.1) is 0 Å². The highest BCUT2D eigenvalue weighted by atomic mass is 16.2. The van der Waals surface area contributed by atoms with Crippen LogP contribution in [0.4, 0.5) is 4.79 Å². The molecule has 1 aliphatic heterocycles. The van der Waals surface area contributed by atoms with Crippen LogP contribution in [0.1, 0.15) is 16.7 Å². The number of fused-ring (bicyclic) bond motifs is 1. The molecule has 4 nitrogen and oxygen atoms in total. The Morgan fingerprint density at radius 2 is 1.68 bits per heavy atom. The van der Waals surface area contributed by atoms with Crippen LogP contribution < -0.4 is 5.32 Å². The Hall–Kier alpha value is -2.62. The van der Waals surface area contributed by atoms with Crippen molar-refractivity contribution in [2.24, 2.45) is 0 Å². The molecule has 1 N–H and O–H groups in total. The number of hydrogen-bond donors (Lipinski definition) is 1. The average Bonchev–Trinajstić information content (AvgIpc) is 2.55. The topological polar surface area (TPSA) is 49.4 Å². The maximum atomic E-state index is 12.2. The van der Waals surface area contributed by atoms with E-state index in [4.69, 9.17) is 0 Å². The van der Waals surface area contributed by atoms with E-state index in [2.05, 4.69) is 5.32 Å². The summed E-state index contributed by atoms with van der Waals surface area (Å²) in [5, 5.41) is 2.83. The van der Waals surface area contributed by atoms with Crippen LogP contribution in [0.5, 0.6) is 0 Å². The second-order valence-corrected chi connectivity index (χ2v) is 5.39. The number of urea groups is 1. The van der Waals surface area contributed by atoms with Crippen molar-refractivity contribution in [3.63, 3.8) is 0 Å². The number of carbonyl (C=O) groups excluding carboxylic acids is 2. The fourth-order valence-electron chi connectivity index (χ4n) is 2.64. The summed E-state index contributed by atoms with van der Waals surface area (Å²) in [6.07, 6.45) is 1.05. The van der Waals surface area contributed by atoms with Gasteiger partial charge in [-0.1, -0.05) is 54.6 Å². The van der Waals surface area contributed by atoms with Gasteiger partial charge in [-0.25, -0.2) is 4.79 Å². The Kier molecular flexibility index (Phi) is 4.19. The molecule has 2 aromatic carbocycles. The van der Waals surface area contributed by atoms with E-state index in [1.807, 2.05) is 54.6 Å². The largest absolute Gasteiger partial charge is 0.337 e. The first-order valence-electron chi connectivity index (χ1n) is 7.43. The van der Waals surface area contributed by atoms with Gasteiger partial charge in [-0.2, -0.15) is 0 Å². The minimum absolute atomic E-state index is 0.143. The highest BCUT2D eigenvalue weighted by Crippen LogP contribution is 2.19. The standard InChI is InChI=1S/C18H18N2O2/c21-17-12-15-8-4-5-9-16(15)13-20(17)18(22)19-11-10-14-6-2-1-3-7-14/h1-9H,10-13H2,(H,19,22). The van der Waals surface area contributed by atoms with Crippen molar-refractivity contribution < 1.29 is 9.59 Å². The average molecular weight is 294 g/mol. The minimum atomic E-state index is -0.310. The van der Waals surface area contributed by atoms with Crippen molar-refractivity contribution in [2.45, 2.75) is 19.4 Å². The van der Waals surface area contributed by atoms with Crippen molar-refractivity contribution >= 4 is 11.9 Å². The number of amides is 3. The number of carbonyl (C=O) groups is 2. The predicted molar refractivity (Wildman–Crippen MR) is 84.2 cm³/mol. The van der Waals surface area contributed by atoms with Gasteiger partial charge < -0.3 is 5.32 Å². The van der Waals surface area contributed by atoms with Crippen LogP contribution in [-0.4, -0.2) is 23.4 Å². The van der Waals surface area contributed by atoms with Gasteiger partial charge in [0.2, 0.25) is 5.91 Å². The zero-order chi connectivity index (χ0) is 15.4. The molecule has 1 aliphatic rings. The Labute approximate surface area is 129 Å². The van der Waals surface area contributed by atoms with Crippen LogP contribution in [0.3, 0.4) is 0 Å². The van der Waals surface area contributed by atoms with Crippen LogP contribution in [-0.2, 0) is 24.2 Å². The van der Waals surface area contributed by atoms with E-state index >= 15 is 0 Å². The summed E-state index contributed by atoms with van der Waals surface area (Å²) >= 11 is 0. The third-order valence-electron chi connectivity index (χ3n) is 3.87. The second kappa shape index (κ2) is 6.43. The minimum Gasteiger partial charge on any atom is -0.337 e. The summed E-state index contributed by atoms with van der Waals surface area (Å²) in [6.45, 7) is 0.875. The van der Waals surface area contributed by atoms with E-state index in [1.165, 1.54) is 4.90 Å². The van der Waals surface area contributed by atoms with Crippen molar-refractivity contribution in [1.29, 1.82) is 0 Å². The number of imide groups is 1. The summed E-state index contributed by atoms with van der Waals surface area (Å²) in [6, 6.07) is 17.4. The first-order chi connectivity index (χ1) is 10.7. The quantitative estimate of drug-likeness (QED) is 0.945. The molecule has 1 heterocycles. The summed E-state index contributed by atoms with van der Waals surface area (Å²) in [7, 11) is 0. The SMILES string of the molecule is O=C1Cc2ccccc2CN1C(=O)NCCc1ccccc1. The Balaban J connectivity index is 1.57. The summed E-state index contributed by atoms with van der Waals surface area (Å²) < 4.78 is 0. The van der Waals surface area contributed by atoms with Crippen molar-refractivity contribution in [3.8, 4) is 0 Å². The summed E-state index contributed by atoms with van der Waals surface area (Å²) in [5.41, 5.74) is 3.22. The van der Waals surface area contributed by atoms with Gasteiger partial charge in [-0.05, 0) is 23.1 Å². The van der Waals surface area contributed by atoms with E-state index in [0.29, 0.717) is 19.5 Å². The molecule has 4 heteroatoms. The molecule has 2 aromatic rings. The fourth-order valence-corrected chi connectivity index (χ4v) is 2.64. The summed E-state index contributed by atoms with van der Waals surface area (Å²) in [5.74, 6) is -0.143. The lowest BCUT2D eigenvalue weighted by Crippen LogP contribution is -2.46. The number of nitrogens with one attached hydrogen (secondary N) is 1. The van der Waals surface area contributed by atoms with Gasteiger partial charge in [-0.3, -0.25) is 9.69 Å². The molecular weight excluding hydrogens is 276 g/mol. The molecule has 0 saturated carbocycles. The first-order valence-corrected chi connectivity index (χ1v) is 7.43. The molecule has 112 valence electrons. The Morgan fingerprint density at radius 3 is 2.45 bits per heavy atom. The molecule has 0 spiro atoms. The van der Waals surface area contributed by atoms with Gasteiger partial charge in [0, 0.05) is 6.54 Å². The molecule has 3 rings (SSSR count). The van der Waals surface area contributed by atoms with Crippen LogP contribution in [0.2, 0.25) is 0 Å². The lowest BCUT2D eigenvalue weighted by Gasteiger charge is -2.27. The van der Waals surface area contributed by atoms with Gasteiger partial charge >= 0.3 is 6.03 Å². The van der Waals surface area contributed by atoms with Crippen LogP contribution in [0.15, 0.2) is 54.6 Å². The lowest BCUT2D eigenvalue weighted by molar-refractivity contribution is -0.128. The number of nitrogens with zero attached hydrogens (tertiary/aromatic N) is 1. The molecule has 0 unspecified atom stereocenters. The normalized spacial score (nSPS) is 13.6. The molecule has 0 radical (unpaired) electrons. The fraction of sp³-hybridized carbons (Fsp3) is 0.222. The van der Waals surface area contributed by atoms with Crippen LogP contribution in [0.25, 0.3) is 0 Å². The van der Waals surface area contributed by atoms with Crippen molar-refractivity contribution in [1.82, 2.24) is 10.2 Å². The third-order valence-corrected chi connectivity index (χ3v) is 3.87. The Morgan fingerprint density at radius 1 is 1.00 bits per heavy atom. The van der Waals surface area contributed by atoms with Crippen LogP contribution >= 0.6 is 0 Å². The number of rotatable bonds is 3. The first kappa shape index (κ1) is 14.3. The lowest BCUT2D eigenvalue weighted by atomic mass is 10.00. The molecule has 0 aromatic heterocycles. The van der Waals surface area contributed by atoms with Gasteiger partial charge in [0.05, 0.1) is 13.0 Å². The van der Waals surface area contributed by atoms with Crippen molar-refractivity contribution in [2.75, 3.05) is 6.54 Å². The maximum Gasteiger partial charge on any atom is 0.324 e. The Bertz CT molecular complexity index is 682. The zero-order valence-corrected chi connectivity index (χ0v) is 12.3. The number of hydrogen-bond acceptors (Lipinski definition) is 2. The smallest absolute Gasteiger partial charge is 0.324 e. The predicted octanol–water partition coefficient (Wildman–Crippen LogP) is 2.52. The zero-order valence-electron chi connectivity index (χ0n) is 12.3. The highest BCUT2D eigenvalue weighted by Gasteiger charge is 2.27. The second-order valence-electron chi connectivity index (χ2n) is 5.39. The molecule has 0 aliphatic carbocycles. The molecule has 0 fully saturated rings. The molecule has 0 atom stereocenters. The van der Waals surface area contributed by atoms with Crippen molar-refractivity contribution in [3.05, 3.63) is 71.3 Å². The molecule has 0 saturated heterocycles. The maximum absolute atomic E-state index is 12.2. The van der Waals surface area contributed by atoms with Gasteiger partial charge in [0.1, 0.15) is 0 Å². The van der Waals surface area contributed by atoms with E-state index in [1.54, 1.807) is 0 Å². The third kappa shape index (κ3) is 3.17. The highest BCUT2D eigenvalue weighted by molar-refractivity contribution is 5.96. The van der Waals surface area contributed by atoms with E-state index in [9.17, 15) is 9.59 Å². The van der Waals surface area contributed by atoms with Gasteiger partial charge in [0.25, 0.3) is 0 Å².